The molecule has 2 rings (SSSR count). The summed E-state index contributed by atoms with van der Waals surface area (Å²) in [5.41, 5.74) is 0.344. The molecule has 1 saturated heterocycles. The van der Waals surface area contributed by atoms with Crippen LogP contribution in [0.1, 0.15) is 12.0 Å². The normalized spacial score (nSPS) is 17.9. The Balaban J connectivity index is 1.94. The van der Waals surface area contributed by atoms with Gasteiger partial charge in [-0.25, -0.2) is 8.78 Å². The first-order valence-corrected chi connectivity index (χ1v) is 6.65. The Morgan fingerprint density at radius 1 is 1.15 bits per heavy atom. The first-order valence-electron chi connectivity index (χ1n) is 6.65. The molecule has 1 N–H and O–H groups in total. The van der Waals surface area contributed by atoms with Gasteiger partial charge in [0.1, 0.15) is 0 Å². The summed E-state index contributed by atoms with van der Waals surface area (Å²) >= 11 is 0. The second-order valence-corrected chi connectivity index (χ2v) is 5.01. The molecule has 6 heteroatoms. The Morgan fingerprint density at radius 2 is 1.85 bits per heavy atom. The van der Waals surface area contributed by atoms with Crippen LogP contribution in [0.25, 0.3) is 0 Å². The van der Waals surface area contributed by atoms with Crippen LogP contribution in [0.4, 0.5) is 8.78 Å². The molecule has 4 nitrogen and oxygen atoms in total. The molecule has 1 aromatic rings. The van der Waals surface area contributed by atoms with Crippen LogP contribution >= 0.6 is 0 Å². The first-order chi connectivity index (χ1) is 9.56. The molecule has 0 saturated carbocycles. The molecular formula is C14H18F2N2O2. The number of hydrogen-bond acceptors (Lipinski definition) is 3. The molecule has 0 atom stereocenters. The molecule has 0 radical (unpaired) electrons. The average Bonchev–Trinajstić information content (AvgIpc) is 2.60. The van der Waals surface area contributed by atoms with E-state index in [1.165, 1.54) is 6.07 Å². The van der Waals surface area contributed by atoms with E-state index < -0.39 is 17.6 Å². The second-order valence-electron chi connectivity index (χ2n) is 5.01. The zero-order valence-corrected chi connectivity index (χ0v) is 11.2. The van der Waals surface area contributed by atoms with E-state index in [-0.39, 0.29) is 6.54 Å². The smallest absolute Gasteiger partial charge is 0.317 e. The van der Waals surface area contributed by atoms with Crippen LogP contribution in [0.5, 0.6) is 0 Å². The van der Waals surface area contributed by atoms with Gasteiger partial charge >= 0.3 is 5.97 Å². The van der Waals surface area contributed by atoms with Gasteiger partial charge < -0.3 is 5.11 Å². The zero-order chi connectivity index (χ0) is 14.5. The molecule has 0 unspecified atom stereocenters. The lowest BCUT2D eigenvalue weighted by atomic mass is 10.2. The van der Waals surface area contributed by atoms with Crippen molar-refractivity contribution in [1.82, 2.24) is 9.80 Å². The van der Waals surface area contributed by atoms with Gasteiger partial charge in [0, 0.05) is 31.7 Å². The van der Waals surface area contributed by atoms with Crippen LogP contribution in [0.3, 0.4) is 0 Å². The van der Waals surface area contributed by atoms with Gasteiger partial charge in [0.15, 0.2) is 11.6 Å². The molecule has 1 aromatic carbocycles. The van der Waals surface area contributed by atoms with Crippen molar-refractivity contribution >= 4 is 5.97 Å². The summed E-state index contributed by atoms with van der Waals surface area (Å²) in [6.07, 6.45) is 0.824. The largest absolute Gasteiger partial charge is 0.480 e. The minimum atomic E-state index is -0.838. The minimum absolute atomic E-state index is 0.0299. The van der Waals surface area contributed by atoms with E-state index in [0.29, 0.717) is 31.7 Å². The lowest BCUT2D eigenvalue weighted by molar-refractivity contribution is -0.138. The van der Waals surface area contributed by atoms with E-state index in [4.69, 9.17) is 5.11 Å². The van der Waals surface area contributed by atoms with Crippen molar-refractivity contribution in [2.24, 2.45) is 0 Å². The SMILES string of the molecule is O=C(O)CN1CCCN(Cc2cccc(F)c2F)CC1. The molecule has 1 heterocycles. The number of carboxylic acid groups (broad SMARTS) is 1. The maximum Gasteiger partial charge on any atom is 0.317 e. The number of carboxylic acids is 1. The summed E-state index contributed by atoms with van der Waals surface area (Å²) < 4.78 is 26.8. The molecule has 1 fully saturated rings. The van der Waals surface area contributed by atoms with Crippen molar-refractivity contribution in [3.8, 4) is 0 Å². The van der Waals surface area contributed by atoms with Crippen molar-refractivity contribution in [1.29, 1.82) is 0 Å². The molecule has 0 amide bonds. The third kappa shape index (κ3) is 3.98. The van der Waals surface area contributed by atoms with Gasteiger partial charge in [-0.2, -0.15) is 0 Å². The van der Waals surface area contributed by atoms with Crippen molar-refractivity contribution in [3.63, 3.8) is 0 Å². The number of carbonyl (C=O) groups is 1. The molecule has 0 spiro atoms. The third-order valence-corrected chi connectivity index (χ3v) is 3.47. The van der Waals surface area contributed by atoms with Gasteiger partial charge in [-0.05, 0) is 19.0 Å². The summed E-state index contributed by atoms with van der Waals surface area (Å²) in [7, 11) is 0. The van der Waals surface area contributed by atoms with Crippen molar-refractivity contribution in [3.05, 3.63) is 35.4 Å². The predicted octanol–water partition coefficient (Wildman–Crippen LogP) is 1.56. The van der Waals surface area contributed by atoms with Gasteiger partial charge in [-0.3, -0.25) is 14.6 Å². The van der Waals surface area contributed by atoms with Gasteiger partial charge in [-0.15, -0.1) is 0 Å². The number of benzene rings is 1. The standard InChI is InChI=1S/C14H18F2N2O2/c15-12-4-1-3-11(14(12)16)9-17-5-2-6-18(8-7-17)10-13(19)20/h1,3-4H,2,5-10H2,(H,19,20). The summed E-state index contributed by atoms with van der Waals surface area (Å²) in [5, 5.41) is 8.78. The van der Waals surface area contributed by atoms with Gasteiger partial charge in [0.05, 0.1) is 6.54 Å². The Labute approximate surface area is 116 Å². The van der Waals surface area contributed by atoms with E-state index in [1.54, 1.807) is 6.07 Å². The highest BCUT2D eigenvalue weighted by Gasteiger charge is 2.18. The van der Waals surface area contributed by atoms with Crippen LogP contribution in [0.15, 0.2) is 18.2 Å². The Kier molecular flexibility index (Phi) is 5.03. The molecule has 1 aliphatic rings. The number of aliphatic carboxylic acids is 1. The fraction of sp³-hybridized carbons (Fsp3) is 0.500. The van der Waals surface area contributed by atoms with E-state index >= 15 is 0 Å². The molecule has 20 heavy (non-hydrogen) atoms. The van der Waals surface area contributed by atoms with Crippen molar-refractivity contribution in [2.45, 2.75) is 13.0 Å². The average molecular weight is 284 g/mol. The van der Waals surface area contributed by atoms with Gasteiger partial charge in [0.25, 0.3) is 0 Å². The summed E-state index contributed by atoms with van der Waals surface area (Å²) in [5.74, 6) is -2.46. The molecule has 1 aliphatic heterocycles. The Bertz CT molecular complexity index is 482. The maximum atomic E-state index is 13.6. The topological polar surface area (TPSA) is 43.8 Å². The monoisotopic (exact) mass is 284 g/mol. The minimum Gasteiger partial charge on any atom is -0.480 e. The first kappa shape index (κ1) is 14.9. The summed E-state index contributed by atoms with van der Waals surface area (Å²) in [6.45, 7) is 3.14. The number of rotatable bonds is 4. The Hall–Kier alpha value is -1.53. The van der Waals surface area contributed by atoms with E-state index in [1.807, 2.05) is 9.80 Å². The number of halogens is 2. The maximum absolute atomic E-state index is 13.6. The second kappa shape index (κ2) is 6.76. The lowest BCUT2D eigenvalue weighted by Gasteiger charge is -2.21. The van der Waals surface area contributed by atoms with Gasteiger partial charge in [-0.1, -0.05) is 12.1 Å². The third-order valence-electron chi connectivity index (χ3n) is 3.47. The van der Waals surface area contributed by atoms with Crippen molar-refractivity contribution in [2.75, 3.05) is 32.7 Å². The van der Waals surface area contributed by atoms with E-state index in [9.17, 15) is 13.6 Å². The molecule has 0 aromatic heterocycles. The zero-order valence-electron chi connectivity index (χ0n) is 11.2. The van der Waals surface area contributed by atoms with Gasteiger partial charge in [0.2, 0.25) is 0 Å². The lowest BCUT2D eigenvalue weighted by Crippen LogP contribution is -2.34. The van der Waals surface area contributed by atoms with Crippen molar-refractivity contribution < 1.29 is 18.7 Å². The molecular weight excluding hydrogens is 266 g/mol. The van der Waals surface area contributed by atoms with Crippen LogP contribution in [0, 0.1) is 11.6 Å². The predicted molar refractivity (Wildman–Crippen MR) is 70.3 cm³/mol. The van der Waals surface area contributed by atoms with Crippen LogP contribution in [0.2, 0.25) is 0 Å². The molecule has 0 aliphatic carbocycles. The Morgan fingerprint density at radius 3 is 2.60 bits per heavy atom. The highest BCUT2D eigenvalue weighted by molar-refractivity contribution is 5.69. The fourth-order valence-corrected chi connectivity index (χ4v) is 2.44. The summed E-state index contributed by atoms with van der Waals surface area (Å²) in [4.78, 5) is 14.6. The molecule has 0 bridgehead atoms. The van der Waals surface area contributed by atoms with E-state index in [2.05, 4.69) is 0 Å². The highest BCUT2D eigenvalue weighted by Crippen LogP contribution is 2.15. The summed E-state index contributed by atoms with van der Waals surface area (Å²) in [6, 6.07) is 4.19. The van der Waals surface area contributed by atoms with Crippen LogP contribution < -0.4 is 0 Å². The number of hydrogen-bond donors (Lipinski definition) is 1. The van der Waals surface area contributed by atoms with E-state index in [0.717, 1.165) is 19.0 Å². The van der Waals surface area contributed by atoms with Crippen LogP contribution in [-0.4, -0.2) is 53.6 Å². The fourth-order valence-electron chi connectivity index (χ4n) is 2.44. The molecule has 110 valence electrons. The highest BCUT2D eigenvalue weighted by atomic mass is 19.2. The number of nitrogens with zero attached hydrogens (tertiary/aromatic N) is 2. The quantitative estimate of drug-likeness (QED) is 0.911. The van der Waals surface area contributed by atoms with Crippen LogP contribution in [-0.2, 0) is 11.3 Å².